The molecule has 162 valence electrons. The summed E-state index contributed by atoms with van der Waals surface area (Å²) in [5.41, 5.74) is 3.06. The van der Waals surface area contributed by atoms with Crippen LogP contribution < -0.4 is 4.90 Å². The first-order valence-electron chi connectivity index (χ1n) is 10.3. The molecule has 0 bridgehead atoms. The van der Waals surface area contributed by atoms with E-state index in [4.69, 9.17) is 9.47 Å². The number of benzene rings is 1. The van der Waals surface area contributed by atoms with Crippen LogP contribution in [0.5, 0.6) is 0 Å². The molecule has 0 radical (unpaired) electrons. The summed E-state index contributed by atoms with van der Waals surface area (Å²) in [6, 6.07) is 3.84. The molecule has 4 rings (SSSR count). The molecule has 3 heterocycles. The van der Waals surface area contributed by atoms with Crippen molar-refractivity contribution in [2.24, 2.45) is 0 Å². The average Bonchev–Trinajstić information content (AvgIpc) is 3.01. The zero-order chi connectivity index (χ0) is 21.3. The molecule has 2 aromatic rings. The summed E-state index contributed by atoms with van der Waals surface area (Å²) in [7, 11) is 0. The van der Waals surface area contributed by atoms with E-state index in [0.29, 0.717) is 58.3 Å². The van der Waals surface area contributed by atoms with Crippen molar-refractivity contribution in [2.75, 3.05) is 57.5 Å². The van der Waals surface area contributed by atoms with Crippen molar-refractivity contribution in [3.63, 3.8) is 0 Å². The second-order valence-corrected chi connectivity index (χ2v) is 7.70. The van der Waals surface area contributed by atoms with Gasteiger partial charge in [-0.25, -0.2) is 8.78 Å². The van der Waals surface area contributed by atoms with Crippen molar-refractivity contribution in [1.29, 1.82) is 0 Å². The summed E-state index contributed by atoms with van der Waals surface area (Å²) in [5, 5.41) is 0. The summed E-state index contributed by atoms with van der Waals surface area (Å²) >= 11 is 0. The minimum Gasteiger partial charge on any atom is -0.378 e. The zero-order valence-corrected chi connectivity index (χ0v) is 17.4. The van der Waals surface area contributed by atoms with Crippen LogP contribution in [0.1, 0.15) is 27.3 Å². The minimum atomic E-state index is -0.613. The van der Waals surface area contributed by atoms with Crippen molar-refractivity contribution in [1.82, 2.24) is 9.47 Å². The maximum absolute atomic E-state index is 14.4. The highest BCUT2D eigenvalue weighted by atomic mass is 19.1. The lowest BCUT2D eigenvalue weighted by molar-refractivity contribution is 0.0295. The maximum Gasteiger partial charge on any atom is 0.271 e. The van der Waals surface area contributed by atoms with Crippen LogP contribution in [0.15, 0.2) is 18.2 Å². The molecular weight excluding hydrogens is 392 g/mol. The molecule has 0 aliphatic carbocycles. The molecule has 1 amide bonds. The van der Waals surface area contributed by atoms with E-state index in [-0.39, 0.29) is 18.0 Å². The monoisotopic (exact) mass is 419 g/mol. The highest BCUT2D eigenvalue weighted by Crippen LogP contribution is 2.33. The summed E-state index contributed by atoms with van der Waals surface area (Å²) in [6.45, 7) is 8.42. The summed E-state index contributed by atoms with van der Waals surface area (Å²) < 4.78 is 41.5. The largest absolute Gasteiger partial charge is 0.378 e. The minimum absolute atomic E-state index is 0.0407. The Morgan fingerprint density at radius 1 is 0.967 bits per heavy atom. The fourth-order valence-corrected chi connectivity index (χ4v) is 4.37. The molecule has 2 fully saturated rings. The van der Waals surface area contributed by atoms with Crippen LogP contribution in [-0.4, -0.2) is 68.0 Å². The lowest BCUT2D eigenvalue weighted by atomic mass is 10.1. The van der Waals surface area contributed by atoms with Crippen LogP contribution in [0.2, 0.25) is 0 Å². The summed E-state index contributed by atoms with van der Waals surface area (Å²) in [4.78, 5) is 17.4. The molecule has 30 heavy (non-hydrogen) atoms. The standard InChI is InChI=1S/C22H27F2N3O3/c1-15-20(25-6-10-29-11-7-25)16(2)27(14-17-18(23)4-3-5-19(17)24)21(15)22(28)26-8-12-30-13-9-26/h3-5H,6-14H2,1-2H3. The van der Waals surface area contributed by atoms with Gasteiger partial charge in [-0.15, -0.1) is 0 Å². The van der Waals surface area contributed by atoms with E-state index in [1.54, 1.807) is 9.47 Å². The lowest BCUT2D eigenvalue weighted by Crippen LogP contribution is -2.41. The van der Waals surface area contributed by atoms with Crippen molar-refractivity contribution in [2.45, 2.75) is 20.4 Å². The number of hydrogen-bond donors (Lipinski definition) is 0. The molecule has 2 aliphatic rings. The Morgan fingerprint density at radius 2 is 1.53 bits per heavy atom. The van der Waals surface area contributed by atoms with Gasteiger partial charge in [0.2, 0.25) is 0 Å². The predicted molar refractivity (Wildman–Crippen MR) is 109 cm³/mol. The van der Waals surface area contributed by atoms with Gasteiger partial charge in [0.15, 0.2) is 0 Å². The Morgan fingerprint density at radius 3 is 2.13 bits per heavy atom. The molecular formula is C22H27F2N3O3. The first-order chi connectivity index (χ1) is 14.5. The fraction of sp³-hybridized carbons (Fsp3) is 0.500. The number of nitrogens with zero attached hydrogens (tertiary/aromatic N) is 3. The quantitative estimate of drug-likeness (QED) is 0.765. The predicted octanol–water partition coefficient (Wildman–Crippen LogP) is 2.74. The van der Waals surface area contributed by atoms with Gasteiger partial charge in [-0.1, -0.05) is 6.07 Å². The van der Waals surface area contributed by atoms with Gasteiger partial charge in [0.25, 0.3) is 5.91 Å². The number of hydrogen-bond acceptors (Lipinski definition) is 4. The van der Waals surface area contributed by atoms with Crippen LogP contribution in [0, 0.1) is 25.5 Å². The number of carbonyl (C=O) groups excluding carboxylic acids is 1. The van der Waals surface area contributed by atoms with Gasteiger partial charge in [0.1, 0.15) is 17.3 Å². The van der Waals surface area contributed by atoms with Gasteiger partial charge in [-0.2, -0.15) is 0 Å². The lowest BCUT2D eigenvalue weighted by Gasteiger charge is -2.30. The Bertz CT molecular complexity index is 912. The molecule has 0 N–H and O–H groups in total. The first kappa shape index (κ1) is 20.8. The van der Waals surface area contributed by atoms with Gasteiger partial charge < -0.3 is 23.8 Å². The van der Waals surface area contributed by atoms with Crippen LogP contribution in [0.25, 0.3) is 0 Å². The SMILES string of the molecule is Cc1c(N2CCOCC2)c(C)n(Cc2c(F)cccc2F)c1C(=O)N1CCOCC1. The number of rotatable bonds is 4. The van der Waals surface area contributed by atoms with Crippen molar-refractivity contribution in [3.05, 3.63) is 52.3 Å². The Balaban J connectivity index is 1.80. The highest BCUT2D eigenvalue weighted by molar-refractivity contribution is 5.96. The van der Waals surface area contributed by atoms with Crippen LogP contribution in [0.3, 0.4) is 0 Å². The molecule has 6 nitrogen and oxygen atoms in total. The molecule has 8 heteroatoms. The third-order valence-corrected chi connectivity index (χ3v) is 5.93. The maximum atomic E-state index is 14.4. The van der Waals surface area contributed by atoms with E-state index in [2.05, 4.69) is 4.90 Å². The second kappa shape index (κ2) is 8.73. The summed E-state index contributed by atoms with van der Waals surface area (Å²) in [5.74, 6) is -1.35. The molecule has 0 unspecified atom stereocenters. The molecule has 1 aromatic heterocycles. The smallest absolute Gasteiger partial charge is 0.271 e. The molecule has 2 aliphatic heterocycles. The number of carbonyl (C=O) groups is 1. The van der Waals surface area contributed by atoms with E-state index in [0.717, 1.165) is 16.9 Å². The first-order valence-corrected chi connectivity index (χ1v) is 10.3. The topological polar surface area (TPSA) is 46.9 Å². The van der Waals surface area contributed by atoms with Gasteiger partial charge >= 0.3 is 0 Å². The molecule has 1 aromatic carbocycles. The van der Waals surface area contributed by atoms with Gasteiger partial charge in [-0.3, -0.25) is 4.79 Å². The number of amides is 1. The number of anilines is 1. The van der Waals surface area contributed by atoms with Crippen molar-refractivity contribution < 1.29 is 23.0 Å². The van der Waals surface area contributed by atoms with Crippen molar-refractivity contribution in [3.8, 4) is 0 Å². The Labute approximate surface area is 175 Å². The number of ether oxygens (including phenoxy) is 2. The van der Waals surface area contributed by atoms with Crippen LogP contribution in [0.4, 0.5) is 14.5 Å². The van der Waals surface area contributed by atoms with Crippen molar-refractivity contribution >= 4 is 11.6 Å². The van der Waals surface area contributed by atoms with E-state index in [1.165, 1.54) is 18.2 Å². The molecule has 0 spiro atoms. The van der Waals surface area contributed by atoms with E-state index >= 15 is 0 Å². The average molecular weight is 419 g/mol. The van der Waals surface area contributed by atoms with Crippen LogP contribution >= 0.6 is 0 Å². The fourth-order valence-electron chi connectivity index (χ4n) is 4.37. The zero-order valence-electron chi connectivity index (χ0n) is 17.4. The third-order valence-electron chi connectivity index (χ3n) is 5.93. The van der Waals surface area contributed by atoms with E-state index in [9.17, 15) is 13.6 Å². The molecule has 0 atom stereocenters. The second-order valence-electron chi connectivity index (χ2n) is 7.70. The normalized spacial score (nSPS) is 17.5. The van der Waals surface area contributed by atoms with Gasteiger partial charge in [-0.05, 0) is 26.0 Å². The number of aromatic nitrogens is 1. The Kier molecular flexibility index (Phi) is 6.06. The van der Waals surface area contributed by atoms with Gasteiger partial charge in [0, 0.05) is 43.0 Å². The van der Waals surface area contributed by atoms with Crippen LogP contribution in [-0.2, 0) is 16.0 Å². The third kappa shape index (κ3) is 3.81. The molecule has 0 saturated carbocycles. The van der Waals surface area contributed by atoms with E-state index < -0.39 is 11.6 Å². The van der Waals surface area contributed by atoms with E-state index in [1.807, 2.05) is 13.8 Å². The summed E-state index contributed by atoms with van der Waals surface area (Å²) in [6.07, 6.45) is 0. The molecule has 2 saturated heterocycles. The van der Waals surface area contributed by atoms with Gasteiger partial charge in [0.05, 0.1) is 38.7 Å². The highest BCUT2D eigenvalue weighted by Gasteiger charge is 2.30. The number of morpholine rings is 2. The Hall–Kier alpha value is -2.45. The number of halogens is 2.